The fourth-order valence-corrected chi connectivity index (χ4v) is 6.01. The number of nitrogens with two attached hydrogens (primary N) is 2. The van der Waals surface area contributed by atoms with E-state index in [1.807, 2.05) is 59.2 Å². The number of primary amides is 1. The molecule has 2 heterocycles. The molecule has 0 aliphatic carbocycles. The number of guanidine groups is 1. The molecule has 0 bridgehead atoms. The second-order valence-corrected chi connectivity index (χ2v) is 11.6. The summed E-state index contributed by atoms with van der Waals surface area (Å²) in [4.78, 5) is 35.7. The number of para-hydroxylation sites is 2. The fourth-order valence-electron chi connectivity index (χ4n) is 6.01. The van der Waals surface area contributed by atoms with Gasteiger partial charge >= 0.3 is 0 Å². The van der Waals surface area contributed by atoms with E-state index >= 15 is 0 Å². The summed E-state index contributed by atoms with van der Waals surface area (Å²) in [6.45, 7) is 2.65. The minimum absolute atomic E-state index is 0.124. The summed E-state index contributed by atoms with van der Waals surface area (Å²) in [6.07, 6.45) is 0.865. The zero-order valence-electron chi connectivity index (χ0n) is 26.3. The van der Waals surface area contributed by atoms with Gasteiger partial charge in [0.25, 0.3) is 5.91 Å². The molecule has 246 valence electrons. The Bertz CT molecular complexity index is 1920. The molecule has 0 saturated carbocycles. The van der Waals surface area contributed by atoms with Crippen LogP contribution in [-0.4, -0.2) is 64.9 Å². The number of ether oxygens (including phenoxy) is 1. The van der Waals surface area contributed by atoms with Crippen LogP contribution < -0.4 is 26.4 Å². The number of rotatable bonds is 11. The lowest BCUT2D eigenvalue weighted by Crippen LogP contribution is -2.48. The number of nitrogens with zero attached hydrogens (tertiary/aromatic N) is 4. The largest absolute Gasteiger partial charge is 0.457 e. The Kier molecular flexibility index (Phi) is 9.51. The number of carbonyl (C=O) groups is 2. The van der Waals surface area contributed by atoms with Gasteiger partial charge in [0.15, 0.2) is 5.96 Å². The molecule has 0 radical (unpaired) electrons. The number of halogens is 1. The number of benzene rings is 4. The second-order valence-electron chi connectivity index (χ2n) is 11.6. The molecule has 5 aromatic rings. The van der Waals surface area contributed by atoms with Crippen molar-refractivity contribution in [2.45, 2.75) is 18.9 Å². The van der Waals surface area contributed by atoms with Gasteiger partial charge in [-0.25, -0.2) is 9.37 Å². The van der Waals surface area contributed by atoms with Gasteiger partial charge < -0.3 is 35.9 Å². The van der Waals surface area contributed by atoms with Crippen molar-refractivity contribution in [3.63, 3.8) is 0 Å². The molecule has 12 heteroatoms. The first-order chi connectivity index (χ1) is 23.3. The summed E-state index contributed by atoms with van der Waals surface area (Å²) < 4.78 is 21.5. The van der Waals surface area contributed by atoms with Gasteiger partial charge in [-0.2, -0.15) is 0 Å². The quantitative estimate of drug-likeness (QED) is 0.0903. The summed E-state index contributed by atoms with van der Waals surface area (Å²) in [7, 11) is 0. The van der Waals surface area contributed by atoms with E-state index in [1.54, 1.807) is 35.2 Å². The van der Waals surface area contributed by atoms with Crippen LogP contribution in [0.2, 0.25) is 0 Å². The lowest BCUT2D eigenvalue weighted by Gasteiger charge is -2.36. The molecule has 1 aliphatic heterocycles. The molecule has 1 aliphatic rings. The third-order valence-electron chi connectivity index (χ3n) is 8.40. The van der Waals surface area contributed by atoms with Gasteiger partial charge in [0.05, 0.1) is 16.6 Å². The van der Waals surface area contributed by atoms with Crippen LogP contribution in [0.1, 0.15) is 29.2 Å². The number of anilines is 1. The molecule has 6 N–H and O–H groups in total. The number of piperazine rings is 1. The monoisotopic (exact) mass is 648 g/mol. The third-order valence-corrected chi connectivity index (χ3v) is 8.40. The maximum absolute atomic E-state index is 13.7. The molecule has 0 spiro atoms. The Labute approximate surface area is 277 Å². The van der Waals surface area contributed by atoms with Crippen molar-refractivity contribution in [1.29, 1.82) is 5.41 Å². The van der Waals surface area contributed by atoms with E-state index in [0.29, 0.717) is 85.0 Å². The number of fused-ring (bicyclic) bond motifs is 1. The molecule has 48 heavy (non-hydrogen) atoms. The SMILES string of the molecule is N=C(N)NCCC[C@@H](C(N)=O)n1c(-c2ccccc2Oc2ccccc2)nc2cc(C(=O)N3CCN(c4ccc(F)cc4)CC3)ccc21. The second kappa shape index (κ2) is 14.2. The minimum atomic E-state index is -0.787. The van der Waals surface area contributed by atoms with Crippen molar-refractivity contribution < 1.29 is 18.7 Å². The van der Waals surface area contributed by atoms with E-state index in [9.17, 15) is 14.0 Å². The zero-order valence-corrected chi connectivity index (χ0v) is 26.3. The Morgan fingerprint density at radius 1 is 0.917 bits per heavy atom. The summed E-state index contributed by atoms with van der Waals surface area (Å²) >= 11 is 0. The van der Waals surface area contributed by atoms with E-state index in [1.165, 1.54) is 12.1 Å². The lowest BCUT2D eigenvalue weighted by molar-refractivity contribution is -0.121. The highest BCUT2D eigenvalue weighted by Gasteiger charge is 2.28. The topological polar surface area (TPSA) is 156 Å². The number of imidazole rings is 1. The highest BCUT2D eigenvalue weighted by atomic mass is 19.1. The number of aromatic nitrogens is 2. The number of carbonyl (C=O) groups excluding carboxylic acids is 2. The summed E-state index contributed by atoms with van der Waals surface area (Å²) in [5.41, 5.74) is 14.7. The van der Waals surface area contributed by atoms with Gasteiger partial charge in [0.1, 0.15) is 29.2 Å². The average Bonchev–Trinajstić information content (AvgIpc) is 3.47. The molecule has 1 aromatic heterocycles. The van der Waals surface area contributed by atoms with Crippen LogP contribution in [0.3, 0.4) is 0 Å². The van der Waals surface area contributed by atoms with Gasteiger partial charge in [-0.3, -0.25) is 15.0 Å². The Balaban J connectivity index is 1.34. The van der Waals surface area contributed by atoms with Gasteiger partial charge in [0.2, 0.25) is 5.91 Å². The average molecular weight is 649 g/mol. The minimum Gasteiger partial charge on any atom is -0.457 e. The molecule has 11 nitrogen and oxygen atoms in total. The maximum Gasteiger partial charge on any atom is 0.254 e. The van der Waals surface area contributed by atoms with Crippen molar-refractivity contribution in [1.82, 2.24) is 19.8 Å². The first-order valence-electron chi connectivity index (χ1n) is 15.8. The number of amides is 2. The molecule has 0 unspecified atom stereocenters. The van der Waals surface area contributed by atoms with Crippen LogP contribution in [0, 0.1) is 11.2 Å². The first-order valence-corrected chi connectivity index (χ1v) is 15.8. The Morgan fingerprint density at radius 3 is 2.33 bits per heavy atom. The predicted octanol–water partition coefficient (Wildman–Crippen LogP) is 4.89. The predicted molar refractivity (Wildman–Crippen MR) is 184 cm³/mol. The van der Waals surface area contributed by atoms with Crippen LogP contribution in [0.5, 0.6) is 11.5 Å². The molecular weight excluding hydrogens is 611 g/mol. The smallest absolute Gasteiger partial charge is 0.254 e. The molecule has 2 amide bonds. The van der Waals surface area contributed by atoms with E-state index in [4.69, 9.17) is 26.6 Å². The van der Waals surface area contributed by atoms with Crippen LogP contribution in [0.4, 0.5) is 10.1 Å². The maximum atomic E-state index is 13.7. The van der Waals surface area contributed by atoms with Crippen molar-refractivity contribution in [3.05, 3.63) is 108 Å². The van der Waals surface area contributed by atoms with E-state index < -0.39 is 11.9 Å². The highest BCUT2D eigenvalue weighted by Crippen LogP contribution is 2.37. The van der Waals surface area contributed by atoms with Gasteiger partial charge in [-0.15, -0.1) is 0 Å². The van der Waals surface area contributed by atoms with Crippen molar-refractivity contribution in [3.8, 4) is 22.9 Å². The van der Waals surface area contributed by atoms with Crippen LogP contribution in [-0.2, 0) is 4.79 Å². The van der Waals surface area contributed by atoms with Crippen molar-refractivity contribution in [2.24, 2.45) is 11.5 Å². The Hall–Kier alpha value is -5.91. The first kappa shape index (κ1) is 32.0. The Morgan fingerprint density at radius 2 is 1.62 bits per heavy atom. The third kappa shape index (κ3) is 7.07. The van der Waals surface area contributed by atoms with Gasteiger partial charge in [-0.1, -0.05) is 30.3 Å². The van der Waals surface area contributed by atoms with Crippen LogP contribution in [0.15, 0.2) is 97.1 Å². The van der Waals surface area contributed by atoms with Crippen molar-refractivity contribution >= 4 is 34.5 Å². The lowest BCUT2D eigenvalue weighted by atomic mass is 10.1. The van der Waals surface area contributed by atoms with Gasteiger partial charge in [0, 0.05) is 44.0 Å². The molecule has 1 fully saturated rings. The van der Waals surface area contributed by atoms with Crippen LogP contribution in [0.25, 0.3) is 22.4 Å². The van der Waals surface area contributed by atoms with Crippen molar-refractivity contribution in [2.75, 3.05) is 37.6 Å². The standard InChI is InChI=1S/C36H37FN8O3/c37-25-13-15-26(16-14-25)43-19-21-44(22-20-43)35(47)24-12-17-30-29(23-24)42-34(45(30)31(33(38)46)10-6-18-41-36(39)40)28-9-4-5-11-32(28)48-27-7-2-1-3-8-27/h1-5,7-9,11-17,23,31H,6,10,18-22H2,(H2,38,46)(H4,39,40,41)/t31-/m0/s1. The van der Waals surface area contributed by atoms with E-state index in [-0.39, 0.29) is 17.7 Å². The zero-order chi connectivity index (χ0) is 33.6. The number of nitrogens with one attached hydrogen (secondary N) is 2. The molecule has 1 saturated heterocycles. The highest BCUT2D eigenvalue weighted by molar-refractivity contribution is 5.98. The summed E-state index contributed by atoms with van der Waals surface area (Å²) in [5, 5.41) is 10.2. The van der Waals surface area contributed by atoms with Gasteiger partial charge in [-0.05, 0) is 79.6 Å². The number of hydrogen-bond donors (Lipinski definition) is 4. The fraction of sp³-hybridized carbons (Fsp3) is 0.222. The molecule has 6 rings (SSSR count). The van der Waals surface area contributed by atoms with E-state index in [2.05, 4.69) is 10.2 Å². The molecule has 1 atom stereocenters. The summed E-state index contributed by atoms with van der Waals surface area (Å²) in [6, 6.07) is 27.7. The van der Waals surface area contributed by atoms with E-state index in [0.717, 1.165) is 5.69 Å². The number of hydrogen-bond acceptors (Lipinski definition) is 6. The normalized spacial score (nSPS) is 13.7. The molecular formula is C36H37FN8O3. The summed E-state index contributed by atoms with van der Waals surface area (Å²) in [5.74, 6) is 0.546. The molecule has 4 aromatic carbocycles. The van der Waals surface area contributed by atoms with Crippen LogP contribution >= 0.6 is 0 Å².